The van der Waals surface area contributed by atoms with Crippen molar-refractivity contribution in [2.24, 2.45) is 0 Å². The molecule has 20 heavy (non-hydrogen) atoms. The van der Waals surface area contributed by atoms with Crippen LogP contribution in [0.1, 0.15) is 31.4 Å². The molecule has 0 saturated heterocycles. The van der Waals surface area contributed by atoms with E-state index in [1.165, 1.54) is 12.8 Å². The quantitative estimate of drug-likeness (QED) is 0.905. The van der Waals surface area contributed by atoms with Gasteiger partial charge < -0.3 is 10.1 Å². The Balaban J connectivity index is 2.01. The van der Waals surface area contributed by atoms with E-state index in [4.69, 9.17) is 4.74 Å². The van der Waals surface area contributed by atoms with Gasteiger partial charge in [-0.25, -0.2) is 15.0 Å². The molecule has 0 amide bonds. The summed E-state index contributed by atoms with van der Waals surface area (Å²) in [6.07, 6.45) is 2.43. The van der Waals surface area contributed by atoms with Crippen molar-refractivity contribution in [3.05, 3.63) is 30.0 Å². The summed E-state index contributed by atoms with van der Waals surface area (Å²) >= 11 is 0. The number of hydrogen-bond donors (Lipinski definition) is 1. The number of hydrogen-bond acceptors (Lipinski definition) is 5. The third kappa shape index (κ3) is 2.71. The van der Waals surface area contributed by atoms with Gasteiger partial charge >= 0.3 is 0 Å². The first kappa shape index (κ1) is 12.8. The molecule has 0 bridgehead atoms. The first-order chi connectivity index (χ1) is 9.80. The van der Waals surface area contributed by atoms with Crippen molar-refractivity contribution >= 4 is 5.82 Å². The largest absolute Gasteiger partial charge is 0.481 e. The van der Waals surface area contributed by atoms with Crippen LogP contribution in [-0.2, 0) is 0 Å². The molecule has 1 saturated carbocycles. The molecule has 1 N–H and O–H groups in total. The molecule has 5 nitrogen and oxygen atoms in total. The highest BCUT2D eigenvalue weighted by Gasteiger charge is 2.26. The standard InChI is InChI=1S/C15H18N4O/c1-3-16-13-9-12(10-7-8-10)18-15(19-13)11-5-4-6-14(17-11)20-2/h4-6,9-10H,3,7-8H2,1-2H3,(H,16,18,19). The predicted molar refractivity (Wildman–Crippen MR) is 78.0 cm³/mol. The zero-order valence-corrected chi connectivity index (χ0v) is 11.8. The predicted octanol–water partition coefficient (Wildman–Crippen LogP) is 2.86. The Morgan fingerprint density at radius 3 is 2.80 bits per heavy atom. The van der Waals surface area contributed by atoms with E-state index in [0.717, 1.165) is 23.8 Å². The zero-order chi connectivity index (χ0) is 13.9. The van der Waals surface area contributed by atoms with Gasteiger partial charge in [-0.15, -0.1) is 0 Å². The first-order valence-corrected chi connectivity index (χ1v) is 6.94. The van der Waals surface area contributed by atoms with Crippen LogP contribution in [0.3, 0.4) is 0 Å². The van der Waals surface area contributed by atoms with Gasteiger partial charge in [0.05, 0.1) is 7.11 Å². The summed E-state index contributed by atoms with van der Waals surface area (Å²) in [5.74, 6) is 2.68. The second-order valence-corrected chi connectivity index (χ2v) is 4.87. The smallest absolute Gasteiger partial charge is 0.213 e. The lowest BCUT2D eigenvalue weighted by atomic mass is 10.2. The fraction of sp³-hybridized carbons (Fsp3) is 0.400. The van der Waals surface area contributed by atoms with E-state index in [1.54, 1.807) is 7.11 Å². The summed E-state index contributed by atoms with van der Waals surface area (Å²) in [5.41, 5.74) is 1.85. The molecule has 0 radical (unpaired) electrons. The van der Waals surface area contributed by atoms with Crippen LogP contribution in [0.5, 0.6) is 5.88 Å². The number of methoxy groups -OCH3 is 1. The number of ether oxygens (including phenoxy) is 1. The maximum Gasteiger partial charge on any atom is 0.213 e. The molecule has 1 aliphatic rings. The lowest BCUT2D eigenvalue weighted by molar-refractivity contribution is 0.398. The Morgan fingerprint density at radius 2 is 2.10 bits per heavy atom. The number of nitrogens with zero attached hydrogens (tertiary/aromatic N) is 3. The van der Waals surface area contributed by atoms with E-state index >= 15 is 0 Å². The van der Waals surface area contributed by atoms with Crippen LogP contribution >= 0.6 is 0 Å². The van der Waals surface area contributed by atoms with Crippen LogP contribution in [0.2, 0.25) is 0 Å². The summed E-state index contributed by atoms with van der Waals surface area (Å²) in [6, 6.07) is 7.68. The SMILES string of the molecule is CCNc1cc(C2CC2)nc(-c2cccc(OC)n2)n1. The Bertz CT molecular complexity index is 611. The molecule has 1 fully saturated rings. The lowest BCUT2D eigenvalue weighted by Gasteiger charge is -2.08. The second kappa shape index (κ2) is 5.45. The number of pyridine rings is 1. The number of nitrogens with one attached hydrogen (secondary N) is 1. The van der Waals surface area contributed by atoms with E-state index in [1.807, 2.05) is 24.3 Å². The van der Waals surface area contributed by atoms with E-state index < -0.39 is 0 Å². The van der Waals surface area contributed by atoms with Crippen LogP contribution in [0.25, 0.3) is 11.5 Å². The molecule has 0 atom stereocenters. The van der Waals surface area contributed by atoms with Crippen LogP contribution in [-0.4, -0.2) is 28.6 Å². The molecule has 0 aliphatic heterocycles. The summed E-state index contributed by atoms with van der Waals surface area (Å²) in [4.78, 5) is 13.6. The number of aromatic nitrogens is 3. The highest BCUT2D eigenvalue weighted by Crippen LogP contribution is 2.40. The fourth-order valence-corrected chi connectivity index (χ4v) is 2.09. The number of rotatable bonds is 5. The minimum Gasteiger partial charge on any atom is -0.481 e. The Hall–Kier alpha value is -2.17. The van der Waals surface area contributed by atoms with Crippen LogP contribution < -0.4 is 10.1 Å². The van der Waals surface area contributed by atoms with Crippen LogP contribution in [0.15, 0.2) is 24.3 Å². The van der Waals surface area contributed by atoms with Gasteiger partial charge in [0.15, 0.2) is 5.82 Å². The maximum atomic E-state index is 5.16. The van der Waals surface area contributed by atoms with Crippen molar-refractivity contribution in [3.8, 4) is 17.4 Å². The molecule has 3 rings (SSSR count). The minimum absolute atomic E-state index is 0.577. The Kier molecular flexibility index (Phi) is 3.50. The molecule has 2 aromatic rings. The van der Waals surface area contributed by atoms with Gasteiger partial charge in [0.2, 0.25) is 5.88 Å². The summed E-state index contributed by atoms with van der Waals surface area (Å²) < 4.78 is 5.16. The van der Waals surface area contributed by atoms with E-state index in [2.05, 4.69) is 27.2 Å². The average molecular weight is 270 g/mol. The topological polar surface area (TPSA) is 59.9 Å². The Morgan fingerprint density at radius 1 is 1.25 bits per heavy atom. The van der Waals surface area contributed by atoms with E-state index in [-0.39, 0.29) is 0 Å². The second-order valence-electron chi connectivity index (χ2n) is 4.87. The van der Waals surface area contributed by atoms with Crippen molar-refractivity contribution in [1.29, 1.82) is 0 Å². The molecule has 0 spiro atoms. The molecule has 5 heteroatoms. The van der Waals surface area contributed by atoms with Crippen LogP contribution in [0, 0.1) is 0 Å². The maximum absolute atomic E-state index is 5.16. The monoisotopic (exact) mass is 270 g/mol. The molecule has 0 aromatic carbocycles. The summed E-state index contributed by atoms with van der Waals surface area (Å²) in [6.45, 7) is 2.90. The van der Waals surface area contributed by atoms with Gasteiger partial charge in [-0.2, -0.15) is 0 Å². The first-order valence-electron chi connectivity index (χ1n) is 6.94. The van der Waals surface area contributed by atoms with Crippen LogP contribution in [0.4, 0.5) is 5.82 Å². The normalized spacial score (nSPS) is 14.1. The summed E-state index contributed by atoms with van der Waals surface area (Å²) in [7, 11) is 1.61. The summed E-state index contributed by atoms with van der Waals surface area (Å²) in [5, 5.41) is 3.26. The van der Waals surface area contributed by atoms with Gasteiger partial charge in [-0.3, -0.25) is 0 Å². The highest BCUT2D eigenvalue weighted by molar-refractivity contribution is 5.54. The van der Waals surface area contributed by atoms with Crippen molar-refractivity contribution in [1.82, 2.24) is 15.0 Å². The average Bonchev–Trinajstić information content (AvgIpc) is 3.32. The van der Waals surface area contributed by atoms with Crippen molar-refractivity contribution in [3.63, 3.8) is 0 Å². The zero-order valence-electron chi connectivity index (χ0n) is 11.8. The van der Waals surface area contributed by atoms with Crippen molar-refractivity contribution < 1.29 is 4.74 Å². The lowest BCUT2D eigenvalue weighted by Crippen LogP contribution is -2.04. The molecule has 2 heterocycles. The number of anilines is 1. The molecule has 0 unspecified atom stereocenters. The van der Waals surface area contributed by atoms with Gasteiger partial charge in [-0.1, -0.05) is 6.07 Å². The van der Waals surface area contributed by atoms with Crippen molar-refractivity contribution in [2.75, 3.05) is 19.0 Å². The molecule has 104 valence electrons. The highest BCUT2D eigenvalue weighted by atomic mass is 16.5. The van der Waals surface area contributed by atoms with Crippen molar-refractivity contribution in [2.45, 2.75) is 25.7 Å². The fourth-order valence-electron chi connectivity index (χ4n) is 2.09. The Labute approximate surface area is 118 Å². The van der Waals surface area contributed by atoms with Gasteiger partial charge in [0, 0.05) is 30.3 Å². The van der Waals surface area contributed by atoms with E-state index in [9.17, 15) is 0 Å². The third-order valence-electron chi connectivity index (χ3n) is 3.26. The third-order valence-corrected chi connectivity index (χ3v) is 3.26. The van der Waals surface area contributed by atoms with Gasteiger partial charge in [0.1, 0.15) is 11.5 Å². The molecular weight excluding hydrogens is 252 g/mol. The molecule has 1 aliphatic carbocycles. The minimum atomic E-state index is 0.577. The van der Waals surface area contributed by atoms with Gasteiger partial charge in [0.25, 0.3) is 0 Å². The molecule has 2 aromatic heterocycles. The molecular formula is C15H18N4O. The van der Waals surface area contributed by atoms with Gasteiger partial charge in [-0.05, 0) is 25.8 Å². The van der Waals surface area contributed by atoms with E-state index in [0.29, 0.717) is 17.6 Å².